The topological polar surface area (TPSA) is 71.3 Å². The van der Waals surface area contributed by atoms with Crippen molar-refractivity contribution in [2.24, 2.45) is 0 Å². The van der Waals surface area contributed by atoms with Crippen molar-refractivity contribution in [2.75, 3.05) is 18.8 Å². The van der Waals surface area contributed by atoms with Crippen LogP contribution in [-0.2, 0) is 4.79 Å². The molecule has 2 aromatic rings. The Kier molecular flexibility index (Phi) is 7.03. The second kappa shape index (κ2) is 9.27. The zero-order valence-electron chi connectivity index (χ0n) is 12.4. The number of rotatable bonds is 8. The number of halogens is 1. The van der Waals surface area contributed by atoms with Crippen LogP contribution in [0.1, 0.15) is 17.0 Å². The second-order valence-electron chi connectivity index (χ2n) is 4.64. The van der Waals surface area contributed by atoms with Crippen molar-refractivity contribution in [1.82, 2.24) is 10.6 Å². The monoisotopic (exact) mass is 352 g/mol. The Morgan fingerprint density at radius 1 is 1.09 bits per heavy atom. The lowest BCUT2D eigenvalue weighted by molar-refractivity contribution is -0.120. The molecular weight excluding hydrogens is 336 g/mol. The van der Waals surface area contributed by atoms with Crippen molar-refractivity contribution in [1.29, 1.82) is 0 Å². The van der Waals surface area contributed by atoms with Gasteiger partial charge in [0.1, 0.15) is 0 Å². The van der Waals surface area contributed by atoms with E-state index < -0.39 is 0 Å². The van der Waals surface area contributed by atoms with Crippen LogP contribution in [0.25, 0.3) is 0 Å². The number of amides is 2. The molecule has 0 spiro atoms. The van der Waals surface area contributed by atoms with Crippen molar-refractivity contribution >= 4 is 35.2 Å². The van der Waals surface area contributed by atoms with Crippen molar-refractivity contribution in [2.45, 2.75) is 11.3 Å². The van der Waals surface area contributed by atoms with E-state index in [2.05, 4.69) is 10.6 Å². The minimum absolute atomic E-state index is 0.0429. The predicted molar refractivity (Wildman–Crippen MR) is 90.8 cm³/mol. The summed E-state index contributed by atoms with van der Waals surface area (Å²) in [7, 11) is 0. The van der Waals surface area contributed by atoms with E-state index >= 15 is 0 Å². The van der Waals surface area contributed by atoms with Gasteiger partial charge in [-0.25, -0.2) is 0 Å². The van der Waals surface area contributed by atoms with Crippen LogP contribution in [0.2, 0.25) is 5.02 Å². The van der Waals surface area contributed by atoms with Crippen LogP contribution in [-0.4, -0.2) is 30.7 Å². The van der Waals surface area contributed by atoms with Gasteiger partial charge in [0.15, 0.2) is 5.76 Å². The number of furan rings is 1. The molecule has 2 N–H and O–H groups in total. The van der Waals surface area contributed by atoms with Crippen molar-refractivity contribution in [3.05, 3.63) is 53.4 Å². The molecule has 0 radical (unpaired) electrons. The largest absolute Gasteiger partial charge is 0.459 e. The van der Waals surface area contributed by atoms with Crippen molar-refractivity contribution in [3.8, 4) is 0 Å². The molecule has 1 heterocycles. The average Bonchev–Trinajstić information content (AvgIpc) is 3.08. The molecule has 122 valence electrons. The Morgan fingerprint density at radius 3 is 2.52 bits per heavy atom. The van der Waals surface area contributed by atoms with Gasteiger partial charge < -0.3 is 15.1 Å². The lowest BCUT2D eigenvalue weighted by Gasteiger charge is -2.06. The van der Waals surface area contributed by atoms with Gasteiger partial charge >= 0.3 is 0 Å². The van der Waals surface area contributed by atoms with Crippen LogP contribution in [0.3, 0.4) is 0 Å². The summed E-state index contributed by atoms with van der Waals surface area (Å²) in [5, 5.41) is 6.12. The first kappa shape index (κ1) is 17.4. The average molecular weight is 353 g/mol. The number of benzene rings is 1. The molecule has 2 rings (SSSR count). The molecule has 7 heteroatoms. The van der Waals surface area contributed by atoms with E-state index in [1.54, 1.807) is 23.9 Å². The normalized spacial score (nSPS) is 10.3. The highest BCUT2D eigenvalue weighted by Crippen LogP contribution is 2.20. The molecule has 1 aromatic carbocycles. The highest BCUT2D eigenvalue weighted by molar-refractivity contribution is 7.99. The minimum atomic E-state index is -0.289. The number of carbonyl (C=O) groups is 2. The highest BCUT2D eigenvalue weighted by Gasteiger charge is 2.07. The molecule has 0 atom stereocenters. The maximum atomic E-state index is 11.7. The van der Waals surface area contributed by atoms with E-state index in [4.69, 9.17) is 16.0 Å². The molecule has 0 bridgehead atoms. The standard InChI is InChI=1S/C16H17ClN2O3S/c17-12-3-5-13(6-4-12)23-11-7-15(20)18-8-9-19-16(21)14-2-1-10-22-14/h1-6,10H,7-9,11H2,(H,18,20)(H,19,21). The molecule has 0 saturated carbocycles. The SMILES string of the molecule is O=C(CCSc1ccc(Cl)cc1)NCCNC(=O)c1ccco1. The lowest BCUT2D eigenvalue weighted by atomic mass is 10.4. The summed E-state index contributed by atoms with van der Waals surface area (Å²) in [6.45, 7) is 0.743. The minimum Gasteiger partial charge on any atom is -0.459 e. The molecule has 0 saturated heterocycles. The molecular formula is C16H17ClN2O3S. The maximum absolute atomic E-state index is 11.7. The summed E-state index contributed by atoms with van der Waals surface area (Å²) in [4.78, 5) is 24.3. The predicted octanol–water partition coefficient (Wildman–Crippen LogP) is 2.96. The molecule has 0 fully saturated rings. The van der Waals surface area contributed by atoms with Crippen LogP contribution >= 0.6 is 23.4 Å². The molecule has 0 aliphatic rings. The van der Waals surface area contributed by atoms with Gasteiger partial charge in [-0.3, -0.25) is 9.59 Å². The van der Waals surface area contributed by atoms with E-state index in [-0.39, 0.29) is 17.6 Å². The molecule has 2 amide bonds. The van der Waals surface area contributed by atoms with Crippen LogP contribution < -0.4 is 10.6 Å². The van der Waals surface area contributed by atoms with Crippen LogP contribution in [0, 0.1) is 0 Å². The smallest absolute Gasteiger partial charge is 0.287 e. The fourth-order valence-corrected chi connectivity index (χ4v) is 2.73. The summed E-state index contributed by atoms with van der Waals surface area (Å²) in [6, 6.07) is 10.7. The molecule has 1 aromatic heterocycles. The third kappa shape index (κ3) is 6.38. The van der Waals surface area contributed by atoms with Crippen molar-refractivity contribution in [3.63, 3.8) is 0 Å². The Labute approximate surface area is 143 Å². The molecule has 23 heavy (non-hydrogen) atoms. The Morgan fingerprint density at radius 2 is 1.83 bits per heavy atom. The van der Waals surface area contributed by atoms with Gasteiger partial charge in [0.25, 0.3) is 5.91 Å². The van der Waals surface area contributed by atoms with Gasteiger partial charge in [-0.2, -0.15) is 0 Å². The summed E-state index contributed by atoms with van der Waals surface area (Å²) in [5.74, 6) is 0.614. The number of thioether (sulfide) groups is 1. The summed E-state index contributed by atoms with van der Waals surface area (Å²) < 4.78 is 4.97. The highest BCUT2D eigenvalue weighted by atomic mass is 35.5. The van der Waals surface area contributed by atoms with E-state index in [1.807, 2.05) is 24.3 Å². The van der Waals surface area contributed by atoms with E-state index in [0.717, 1.165) is 4.90 Å². The maximum Gasteiger partial charge on any atom is 0.287 e. The first-order chi connectivity index (χ1) is 11.1. The fourth-order valence-electron chi connectivity index (χ4n) is 1.75. The van der Waals surface area contributed by atoms with Crippen LogP contribution in [0.5, 0.6) is 0 Å². The Hall–Kier alpha value is -1.92. The Bertz CT molecular complexity index is 629. The zero-order valence-corrected chi connectivity index (χ0v) is 14.0. The van der Waals surface area contributed by atoms with E-state index in [9.17, 15) is 9.59 Å². The number of nitrogens with one attached hydrogen (secondary N) is 2. The van der Waals surface area contributed by atoms with Gasteiger partial charge in [-0.15, -0.1) is 11.8 Å². The molecule has 5 nitrogen and oxygen atoms in total. The number of carbonyl (C=O) groups excluding carboxylic acids is 2. The summed E-state index contributed by atoms with van der Waals surface area (Å²) in [6.07, 6.45) is 1.86. The summed E-state index contributed by atoms with van der Waals surface area (Å²) >= 11 is 7.41. The third-order valence-corrected chi connectivity index (χ3v) is 4.15. The lowest BCUT2D eigenvalue weighted by Crippen LogP contribution is -2.34. The van der Waals surface area contributed by atoms with Gasteiger partial charge in [0, 0.05) is 35.2 Å². The first-order valence-corrected chi connectivity index (χ1v) is 8.48. The number of hydrogen-bond acceptors (Lipinski definition) is 4. The van der Waals surface area contributed by atoms with Gasteiger partial charge in [0.2, 0.25) is 5.91 Å². The van der Waals surface area contributed by atoms with Crippen molar-refractivity contribution < 1.29 is 14.0 Å². The molecule has 0 unspecified atom stereocenters. The summed E-state index contributed by atoms with van der Waals surface area (Å²) in [5.41, 5.74) is 0. The van der Waals surface area contributed by atoms with Crippen LogP contribution in [0.4, 0.5) is 0 Å². The number of hydrogen-bond donors (Lipinski definition) is 2. The Balaban J connectivity index is 1.55. The third-order valence-electron chi connectivity index (χ3n) is 2.89. The quantitative estimate of drug-likeness (QED) is 0.566. The van der Waals surface area contributed by atoms with E-state index in [0.29, 0.717) is 30.3 Å². The molecule has 0 aliphatic carbocycles. The zero-order chi connectivity index (χ0) is 16.5. The molecule has 0 aliphatic heterocycles. The fraction of sp³-hybridized carbons (Fsp3) is 0.250. The van der Waals surface area contributed by atoms with E-state index in [1.165, 1.54) is 6.26 Å². The van der Waals surface area contributed by atoms with Crippen LogP contribution in [0.15, 0.2) is 52.0 Å². The van der Waals surface area contributed by atoms with Gasteiger partial charge in [0.05, 0.1) is 6.26 Å². The second-order valence-corrected chi connectivity index (χ2v) is 6.24. The first-order valence-electron chi connectivity index (χ1n) is 7.12. The van der Waals surface area contributed by atoms with Gasteiger partial charge in [-0.1, -0.05) is 11.6 Å². The van der Waals surface area contributed by atoms with Gasteiger partial charge in [-0.05, 0) is 36.4 Å².